The fourth-order valence-electron chi connectivity index (χ4n) is 9.12. The van der Waals surface area contributed by atoms with Gasteiger partial charge in [-0.15, -0.1) is 0 Å². The van der Waals surface area contributed by atoms with E-state index in [9.17, 15) is 67.5 Å². The van der Waals surface area contributed by atoms with E-state index in [1.54, 1.807) is 0 Å². The van der Waals surface area contributed by atoms with Gasteiger partial charge < -0.3 is 80.5 Å². The van der Waals surface area contributed by atoms with Crippen LogP contribution in [-0.2, 0) is 71.2 Å². The maximum absolute atomic E-state index is 13.7. The number of hydrogen-bond acceptors (Lipinski definition) is 29. The summed E-state index contributed by atoms with van der Waals surface area (Å²) in [5.74, 6) is -2.50. The summed E-state index contributed by atoms with van der Waals surface area (Å²) < 4.78 is 105. The first-order valence-corrected chi connectivity index (χ1v) is 29.1. The second-order valence-electron chi connectivity index (χ2n) is 18.2. The fourth-order valence-corrected chi connectivity index (χ4v) is 13.7. The highest BCUT2D eigenvalue weighted by molar-refractivity contribution is 7.66. The van der Waals surface area contributed by atoms with E-state index in [1.807, 2.05) is 0 Å². The van der Waals surface area contributed by atoms with E-state index >= 15 is 0 Å². The number of nitrogens with one attached hydrogen (secondary N) is 3. The van der Waals surface area contributed by atoms with Crippen LogP contribution >= 0.6 is 31.2 Å². The van der Waals surface area contributed by atoms with Crippen LogP contribution in [0.1, 0.15) is 25.1 Å². The quantitative estimate of drug-likeness (QED) is 0.0237. The highest BCUT2D eigenvalue weighted by atomic mass is 31.3. The summed E-state index contributed by atoms with van der Waals surface area (Å²) in [5, 5.41) is 35.4. The van der Waals surface area contributed by atoms with Crippen LogP contribution in [0.3, 0.4) is 0 Å². The number of anilines is 3. The third-order valence-electron chi connectivity index (χ3n) is 12.8. The molecule has 0 bridgehead atoms. The Morgan fingerprint density at radius 1 is 0.750 bits per heavy atom. The van der Waals surface area contributed by atoms with Crippen LogP contribution in [0.4, 0.5) is 17.7 Å². The summed E-state index contributed by atoms with van der Waals surface area (Å²) in [6, 6.07) is -1.73. The Labute approximate surface area is 445 Å². The molecule has 3 fully saturated rings. The molecule has 6 unspecified atom stereocenters. The van der Waals surface area contributed by atoms with Crippen molar-refractivity contribution >= 4 is 88.3 Å². The smallest absolute Gasteiger partial charge is 0.490 e. The molecule has 0 spiro atoms. The van der Waals surface area contributed by atoms with E-state index in [4.69, 9.17) is 49.7 Å². The Bertz CT molecular complexity index is 3650. The van der Waals surface area contributed by atoms with E-state index in [1.165, 1.54) is 46.1 Å². The van der Waals surface area contributed by atoms with E-state index < -0.39 is 148 Å². The van der Waals surface area contributed by atoms with Crippen molar-refractivity contribution in [2.24, 2.45) is 13.0 Å². The number of phosphoric ester groups is 2. The van der Waals surface area contributed by atoms with Gasteiger partial charge in [-0.05, 0) is 0 Å². The zero-order valence-electron chi connectivity index (χ0n) is 41.6. The molecule has 0 aliphatic carbocycles. The van der Waals surface area contributed by atoms with Gasteiger partial charge in [0.1, 0.15) is 48.5 Å². The number of aryl methyl sites for hydroxylation is 1. The number of nitrogens with zero attached hydrogens (tertiary/aromatic N) is 11. The molecule has 3 saturated heterocycles. The minimum atomic E-state index is -6.23. The molecule has 0 aromatic carbocycles. The van der Waals surface area contributed by atoms with Crippen LogP contribution in [0.15, 0.2) is 34.9 Å². The first-order chi connectivity index (χ1) is 37.5. The highest BCUT2D eigenvalue weighted by Gasteiger charge is 2.53. The lowest BCUT2D eigenvalue weighted by atomic mass is 9.94. The number of carbonyl (C=O) groups is 1. The molecule has 1 amide bonds. The number of H-pyrrole nitrogens is 2. The Morgan fingerprint density at radius 2 is 1.31 bits per heavy atom. The number of methoxy groups -OCH3 is 1. The van der Waals surface area contributed by atoms with Crippen molar-refractivity contribution in [3.05, 3.63) is 46.0 Å². The molecule has 80 heavy (non-hydrogen) atoms. The van der Waals surface area contributed by atoms with Crippen molar-refractivity contribution in [3.8, 4) is 0 Å². The van der Waals surface area contributed by atoms with Crippen molar-refractivity contribution in [1.29, 1.82) is 0 Å². The number of ether oxygens (including phenoxy) is 4. The maximum Gasteiger partial charge on any atom is 0.490 e. The van der Waals surface area contributed by atoms with E-state index in [0.29, 0.717) is 0 Å². The van der Waals surface area contributed by atoms with E-state index in [-0.39, 0.29) is 51.2 Å². The van der Waals surface area contributed by atoms with Gasteiger partial charge in [-0.1, -0.05) is 0 Å². The number of aromatic nitrogens is 12. The summed E-state index contributed by atoms with van der Waals surface area (Å²) in [7, 11) is -18.2. The second kappa shape index (κ2) is 22.3. The van der Waals surface area contributed by atoms with Crippen LogP contribution in [-0.4, -0.2) is 184 Å². The highest BCUT2D eigenvalue weighted by Crippen LogP contribution is 2.68. The van der Waals surface area contributed by atoms with Gasteiger partial charge in [-0.3, -0.25) is 47.1 Å². The molecule has 0 radical (unpaired) electrons. The van der Waals surface area contributed by atoms with Crippen molar-refractivity contribution in [2.45, 2.75) is 73.9 Å². The van der Waals surface area contributed by atoms with Gasteiger partial charge in [-0.2, -0.15) is 23.2 Å². The van der Waals surface area contributed by atoms with Gasteiger partial charge in [0.05, 0.1) is 51.7 Å². The van der Waals surface area contributed by atoms with Crippen molar-refractivity contribution < 1.29 is 104 Å². The molecule has 3 aliphatic heterocycles. The topological polar surface area (TPSA) is 568 Å². The molecule has 15 N–H and O–H groups in total. The predicted octanol–water partition coefficient (Wildman–Crippen LogP) is -5.04. The number of carbonyl (C=O) groups excluding carboxylic acids is 1. The third kappa shape index (κ3) is 12.0. The van der Waals surface area contributed by atoms with Gasteiger partial charge in [0.25, 0.3) is 16.7 Å². The monoisotopic (exact) mass is 1210 g/mol. The maximum atomic E-state index is 13.7. The molecule has 40 nitrogen and oxygen atoms in total. The summed E-state index contributed by atoms with van der Waals surface area (Å²) >= 11 is 0. The average Bonchev–Trinajstić information content (AvgIpc) is 4.23. The SMILES string of the molecule is CO[C@@H]1[C@H](NP(=O)([O-])OC[C@H]2O[C@@H](n3cnc4c(=O)[nH]c(N)nc43)[C@H](O)[C@@H]2O)C(COP(=O)(O)OP(=O)(O)OP(=O)(O)OC[C@H]2OC(n3c[n+](C)c4c(=O)[nH]c(N)nc43)[C@H](O)[C@@H]2CC(=O)N(C)C)O[C@H]1n1cnc2c(N)ncnc21. The predicted molar refractivity (Wildman–Crippen MR) is 260 cm³/mol. The zero-order valence-corrected chi connectivity index (χ0v) is 45.2. The van der Waals surface area contributed by atoms with Crippen LogP contribution in [0.5, 0.6) is 0 Å². The minimum absolute atomic E-state index is 0.00834. The second-order valence-corrected chi connectivity index (χ2v) is 24.4. The molecule has 9 heterocycles. The number of fused-ring (bicyclic) bond motifs is 3. The number of amides is 1. The number of rotatable bonds is 21. The number of aliphatic hydroxyl groups is 3. The molecular weight excluding hydrogens is 1160 g/mol. The third-order valence-corrected chi connectivity index (χ3v) is 18.1. The normalized spacial score (nSPS) is 29.2. The van der Waals surface area contributed by atoms with Crippen molar-refractivity contribution in [3.63, 3.8) is 0 Å². The van der Waals surface area contributed by atoms with Crippen LogP contribution in [0, 0.1) is 5.92 Å². The molecule has 3 aliphatic rings. The summed E-state index contributed by atoms with van der Waals surface area (Å²) in [6.45, 7) is -3.29. The van der Waals surface area contributed by atoms with E-state index in [0.717, 1.165) is 30.7 Å². The lowest BCUT2D eigenvalue weighted by Gasteiger charge is -2.32. The summed E-state index contributed by atoms with van der Waals surface area (Å²) in [5.41, 5.74) is 15.6. The van der Waals surface area contributed by atoms with Gasteiger partial charge in [-0.25, -0.2) is 43.3 Å². The van der Waals surface area contributed by atoms with Crippen LogP contribution in [0.25, 0.3) is 33.5 Å². The van der Waals surface area contributed by atoms with Gasteiger partial charge in [0.15, 0.2) is 35.1 Å². The molecule has 9 rings (SSSR count). The van der Waals surface area contributed by atoms with E-state index in [2.05, 4.69) is 53.6 Å². The number of imidazole rings is 3. The van der Waals surface area contributed by atoms with Crippen molar-refractivity contribution in [1.82, 2.24) is 63.6 Å². The van der Waals surface area contributed by atoms with Gasteiger partial charge in [0, 0.05) is 33.5 Å². The lowest BCUT2D eigenvalue weighted by Crippen LogP contribution is -2.47. The number of aromatic amines is 2. The molecule has 6 aromatic heterocycles. The number of nitrogens with two attached hydrogens (primary N) is 3. The molecular formula is C36H51N17O23P4. The van der Waals surface area contributed by atoms with Crippen LogP contribution < -0.4 is 42.9 Å². The largest absolute Gasteiger partial charge is 0.766 e. The number of phosphoric acid groups is 3. The first kappa shape index (κ1) is 59.0. The molecule has 0 saturated carbocycles. The van der Waals surface area contributed by atoms with Crippen molar-refractivity contribution in [2.75, 3.05) is 58.2 Å². The van der Waals surface area contributed by atoms with Gasteiger partial charge >= 0.3 is 29.0 Å². The zero-order chi connectivity index (χ0) is 58.1. The van der Waals surface area contributed by atoms with Gasteiger partial charge in [0.2, 0.25) is 38.1 Å². The Balaban J connectivity index is 0.879. The standard InChI is InChI=1S/C36H51N17O23P4/c1-49(2)17(54)5-13-14(72-32(22(13)55)53-12-50(3)21-29(53)45-36(39)47-31(21)59)6-70-78(62,63)75-80(66,67)76-79(64,65)71-7-15-18(25(68-4)34(73-15)51-10-42-19-26(37)40-9-41-27(19)51)48-77(60,61)69-8-16-23(56)24(57)33(74-16)52-11-43-20-28(52)44-35(38)46-30(20)58/h9-16,18,22-25,32-34,55-57H,5-8H2,1-4H3,(H12-,37,38,39,40,41,44,45,46,47,48,58,59,60,61,62,63,64,65,66,67)/t13-,14-,15?,16-,18-,22-,23-,24-,25-,32?,33-,34-/m1/s1. The Kier molecular flexibility index (Phi) is 16.4. The fraction of sp³-hybridized carbons (Fsp3) is 0.556. The summed E-state index contributed by atoms with van der Waals surface area (Å²) in [6.07, 6.45) is -11.8. The molecule has 438 valence electrons. The molecule has 44 heteroatoms. The minimum Gasteiger partial charge on any atom is -0.766 e. The summed E-state index contributed by atoms with van der Waals surface area (Å²) in [4.78, 5) is 113. The Morgan fingerprint density at radius 3 is 1.96 bits per heavy atom. The number of nitrogen functional groups attached to an aromatic ring is 3. The molecule has 6 aromatic rings. The average molecular weight is 1210 g/mol. The number of hydrogen-bond donors (Lipinski definition) is 12. The molecule has 16 atom stereocenters. The first-order valence-electron chi connectivity index (χ1n) is 23.1. The Hall–Kier alpha value is -5.64. The van der Waals surface area contributed by atoms with Crippen LogP contribution in [0.2, 0.25) is 0 Å². The number of aliphatic hydroxyl groups excluding tert-OH is 3. The lowest BCUT2D eigenvalue weighted by molar-refractivity contribution is -0.646.